The highest BCUT2D eigenvalue weighted by molar-refractivity contribution is 5.20. The van der Waals surface area contributed by atoms with Gasteiger partial charge in [-0.25, -0.2) is 9.97 Å². The molecular formula is C8H12N4. The Morgan fingerprint density at radius 3 is 2.75 bits per heavy atom. The van der Waals surface area contributed by atoms with Crippen molar-refractivity contribution in [2.24, 2.45) is 0 Å². The number of nitrogen functional groups attached to an aromatic ring is 1. The lowest BCUT2D eigenvalue weighted by atomic mass is 10.1. The first-order valence-electron chi connectivity index (χ1n) is 4.17. The second kappa shape index (κ2) is 3.06. The van der Waals surface area contributed by atoms with Gasteiger partial charge in [0, 0.05) is 24.0 Å². The Morgan fingerprint density at radius 2 is 2.17 bits per heavy atom. The maximum absolute atomic E-state index is 5.38. The van der Waals surface area contributed by atoms with Gasteiger partial charge in [0.25, 0.3) is 0 Å². The summed E-state index contributed by atoms with van der Waals surface area (Å²) in [5, 5.41) is 3.37. The summed E-state index contributed by atoms with van der Waals surface area (Å²) in [6, 6.07) is 0.436. The van der Waals surface area contributed by atoms with Gasteiger partial charge in [0.05, 0.1) is 0 Å². The molecule has 1 aromatic heterocycles. The van der Waals surface area contributed by atoms with Crippen LogP contribution in [0.4, 0.5) is 5.95 Å². The Hall–Kier alpha value is -1.16. The van der Waals surface area contributed by atoms with E-state index in [2.05, 4.69) is 15.3 Å². The fourth-order valence-electron chi connectivity index (χ4n) is 1.50. The van der Waals surface area contributed by atoms with Gasteiger partial charge in [-0.1, -0.05) is 0 Å². The zero-order chi connectivity index (χ0) is 8.39. The average molecular weight is 164 g/mol. The first-order valence-corrected chi connectivity index (χ1v) is 4.17. The van der Waals surface area contributed by atoms with Gasteiger partial charge >= 0.3 is 0 Å². The van der Waals surface area contributed by atoms with E-state index in [0.29, 0.717) is 12.0 Å². The molecule has 4 heteroatoms. The van der Waals surface area contributed by atoms with Crippen molar-refractivity contribution < 1.29 is 0 Å². The number of nitrogens with two attached hydrogens (primary N) is 1. The van der Waals surface area contributed by atoms with Crippen molar-refractivity contribution in [3.05, 3.63) is 18.0 Å². The van der Waals surface area contributed by atoms with Crippen molar-refractivity contribution in [3.63, 3.8) is 0 Å². The molecule has 0 spiro atoms. The Balaban J connectivity index is 2.17. The van der Waals surface area contributed by atoms with E-state index in [1.54, 1.807) is 12.4 Å². The lowest BCUT2D eigenvalue weighted by Gasteiger charge is -2.08. The van der Waals surface area contributed by atoms with E-state index in [1.807, 2.05) is 0 Å². The summed E-state index contributed by atoms with van der Waals surface area (Å²) in [6.07, 6.45) is 6.00. The van der Waals surface area contributed by atoms with E-state index in [0.717, 1.165) is 12.1 Å². The molecule has 0 saturated carbocycles. The number of aromatic nitrogens is 2. The minimum absolute atomic E-state index is 0.344. The quantitative estimate of drug-likeness (QED) is 0.633. The maximum Gasteiger partial charge on any atom is 0.219 e. The lowest BCUT2D eigenvalue weighted by molar-refractivity contribution is 0.642. The van der Waals surface area contributed by atoms with Crippen LogP contribution >= 0.6 is 0 Å². The fourth-order valence-corrected chi connectivity index (χ4v) is 1.50. The molecule has 1 fully saturated rings. The van der Waals surface area contributed by atoms with Gasteiger partial charge in [0.15, 0.2) is 0 Å². The second-order valence-corrected chi connectivity index (χ2v) is 3.02. The number of nitrogens with zero attached hydrogens (tertiary/aromatic N) is 2. The highest BCUT2D eigenvalue weighted by Crippen LogP contribution is 2.21. The first-order chi connectivity index (χ1) is 5.86. The van der Waals surface area contributed by atoms with Gasteiger partial charge in [-0.3, -0.25) is 0 Å². The van der Waals surface area contributed by atoms with Crippen LogP contribution in [0, 0.1) is 0 Å². The van der Waals surface area contributed by atoms with Gasteiger partial charge in [0.1, 0.15) is 0 Å². The van der Waals surface area contributed by atoms with Crippen molar-refractivity contribution in [3.8, 4) is 0 Å². The lowest BCUT2D eigenvalue weighted by Crippen LogP contribution is -2.13. The van der Waals surface area contributed by atoms with Gasteiger partial charge in [-0.2, -0.15) is 0 Å². The van der Waals surface area contributed by atoms with Crippen LogP contribution in [0.3, 0.4) is 0 Å². The standard InChI is InChI=1S/C8H12N4/c9-8-11-4-6(5-12-8)7-2-1-3-10-7/h4-5,7,10H,1-3H2,(H2,9,11,12). The molecule has 0 aliphatic carbocycles. The molecule has 4 nitrogen and oxygen atoms in total. The third kappa shape index (κ3) is 1.38. The van der Waals surface area contributed by atoms with Crippen molar-refractivity contribution in [2.45, 2.75) is 18.9 Å². The minimum Gasteiger partial charge on any atom is -0.368 e. The van der Waals surface area contributed by atoms with E-state index in [4.69, 9.17) is 5.73 Å². The molecule has 2 rings (SSSR count). The van der Waals surface area contributed by atoms with E-state index in [1.165, 1.54) is 12.8 Å². The molecule has 0 bridgehead atoms. The largest absolute Gasteiger partial charge is 0.368 e. The third-order valence-electron chi connectivity index (χ3n) is 2.15. The summed E-state index contributed by atoms with van der Waals surface area (Å²) in [4.78, 5) is 7.90. The highest BCUT2D eigenvalue weighted by Gasteiger charge is 2.16. The Bertz CT molecular complexity index is 250. The predicted octanol–water partition coefficient (Wildman–Crippen LogP) is 0.483. The molecule has 64 valence electrons. The number of anilines is 1. The van der Waals surface area contributed by atoms with Crippen LogP contribution in [0.25, 0.3) is 0 Å². The van der Waals surface area contributed by atoms with Crippen LogP contribution in [0.2, 0.25) is 0 Å². The summed E-state index contributed by atoms with van der Waals surface area (Å²) < 4.78 is 0. The molecular weight excluding hydrogens is 152 g/mol. The zero-order valence-electron chi connectivity index (χ0n) is 6.83. The molecule has 3 N–H and O–H groups in total. The normalized spacial score (nSPS) is 22.8. The molecule has 0 radical (unpaired) electrons. The number of hydrogen-bond donors (Lipinski definition) is 2. The Kier molecular flexibility index (Phi) is 1.91. The minimum atomic E-state index is 0.344. The van der Waals surface area contributed by atoms with E-state index < -0.39 is 0 Å². The van der Waals surface area contributed by atoms with Gasteiger partial charge < -0.3 is 11.1 Å². The molecule has 1 aliphatic rings. The second-order valence-electron chi connectivity index (χ2n) is 3.02. The van der Waals surface area contributed by atoms with Crippen LogP contribution in [-0.2, 0) is 0 Å². The van der Waals surface area contributed by atoms with Crippen molar-refractivity contribution in [1.82, 2.24) is 15.3 Å². The van der Waals surface area contributed by atoms with Crippen molar-refractivity contribution in [2.75, 3.05) is 12.3 Å². The Morgan fingerprint density at radius 1 is 1.42 bits per heavy atom. The first kappa shape index (κ1) is 7.49. The molecule has 0 aromatic carbocycles. The fraction of sp³-hybridized carbons (Fsp3) is 0.500. The Labute approximate surface area is 71.2 Å². The number of hydrogen-bond acceptors (Lipinski definition) is 4. The van der Waals surface area contributed by atoms with Crippen LogP contribution in [0.1, 0.15) is 24.4 Å². The molecule has 1 atom stereocenters. The summed E-state index contributed by atoms with van der Waals surface area (Å²) in [5.41, 5.74) is 6.52. The number of rotatable bonds is 1. The SMILES string of the molecule is Nc1ncc(C2CCCN2)cn1. The van der Waals surface area contributed by atoms with E-state index in [-0.39, 0.29) is 0 Å². The average Bonchev–Trinajstić information content (AvgIpc) is 2.58. The molecule has 1 unspecified atom stereocenters. The van der Waals surface area contributed by atoms with Gasteiger partial charge in [-0.05, 0) is 19.4 Å². The maximum atomic E-state index is 5.38. The predicted molar refractivity (Wildman–Crippen MR) is 46.4 cm³/mol. The molecule has 12 heavy (non-hydrogen) atoms. The zero-order valence-corrected chi connectivity index (χ0v) is 6.83. The van der Waals surface area contributed by atoms with Crippen LogP contribution in [0.5, 0.6) is 0 Å². The smallest absolute Gasteiger partial charge is 0.219 e. The molecule has 0 amide bonds. The number of nitrogens with one attached hydrogen (secondary N) is 1. The summed E-state index contributed by atoms with van der Waals surface area (Å²) in [5.74, 6) is 0.344. The van der Waals surface area contributed by atoms with E-state index >= 15 is 0 Å². The van der Waals surface area contributed by atoms with Crippen molar-refractivity contribution in [1.29, 1.82) is 0 Å². The third-order valence-corrected chi connectivity index (χ3v) is 2.15. The summed E-state index contributed by atoms with van der Waals surface area (Å²) in [7, 11) is 0. The van der Waals surface area contributed by atoms with E-state index in [9.17, 15) is 0 Å². The van der Waals surface area contributed by atoms with Gasteiger partial charge in [-0.15, -0.1) is 0 Å². The van der Waals surface area contributed by atoms with Crippen LogP contribution in [-0.4, -0.2) is 16.5 Å². The molecule has 1 aromatic rings. The molecule has 1 aliphatic heterocycles. The topological polar surface area (TPSA) is 63.8 Å². The molecule has 1 saturated heterocycles. The molecule has 2 heterocycles. The van der Waals surface area contributed by atoms with Crippen molar-refractivity contribution >= 4 is 5.95 Å². The highest BCUT2D eigenvalue weighted by atomic mass is 15.0. The monoisotopic (exact) mass is 164 g/mol. The summed E-state index contributed by atoms with van der Waals surface area (Å²) in [6.45, 7) is 1.09. The van der Waals surface area contributed by atoms with Crippen LogP contribution < -0.4 is 11.1 Å². The van der Waals surface area contributed by atoms with Crippen LogP contribution in [0.15, 0.2) is 12.4 Å². The van der Waals surface area contributed by atoms with Gasteiger partial charge in [0.2, 0.25) is 5.95 Å². The summed E-state index contributed by atoms with van der Waals surface area (Å²) >= 11 is 0.